The van der Waals surface area contributed by atoms with Gasteiger partial charge in [-0.1, -0.05) is 37.0 Å². The lowest BCUT2D eigenvalue weighted by molar-refractivity contribution is 0.0723. The molecule has 1 heterocycles. The number of benzene rings is 2. The second-order valence-electron chi connectivity index (χ2n) is 5.97. The van der Waals surface area contributed by atoms with Crippen LogP contribution < -0.4 is 4.74 Å². The third kappa shape index (κ3) is 3.89. The number of halogens is 3. The Labute approximate surface area is 160 Å². The number of ether oxygens (including phenoxy) is 1. The van der Waals surface area contributed by atoms with Crippen molar-refractivity contribution < 1.29 is 13.9 Å². The van der Waals surface area contributed by atoms with E-state index >= 15 is 0 Å². The van der Waals surface area contributed by atoms with E-state index in [2.05, 4.69) is 5.10 Å². The first-order chi connectivity index (χ1) is 12.3. The van der Waals surface area contributed by atoms with E-state index in [1.807, 2.05) is 13.8 Å². The number of nitrogens with zero attached hydrogens (tertiary/aromatic N) is 2. The smallest absolute Gasteiger partial charge is 0.344 e. The summed E-state index contributed by atoms with van der Waals surface area (Å²) in [5.41, 5.74) is 1.58. The maximum atomic E-state index is 13.2. The number of carbonyl (C=O) groups is 1. The van der Waals surface area contributed by atoms with Crippen LogP contribution in [0.4, 0.5) is 4.39 Å². The van der Waals surface area contributed by atoms with Gasteiger partial charge in [0, 0.05) is 6.07 Å². The number of hydrogen-bond acceptors (Lipinski definition) is 3. The van der Waals surface area contributed by atoms with Gasteiger partial charge in [-0.3, -0.25) is 0 Å². The Morgan fingerprint density at radius 1 is 1.08 bits per heavy atom. The van der Waals surface area contributed by atoms with Gasteiger partial charge in [-0.15, -0.1) is 0 Å². The Hall–Kier alpha value is -2.37. The Morgan fingerprint density at radius 3 is 2.38 bits per heavy atom. The number of esters is 1. The number of hydrogen-bond donors (Lipinski definition) is 0. The molecule has 1 aromatic heterocycles. The minimum absolute atomic E-state index is 0.124. The summed E-state index contributed by atoms with van der Waals surface area (Å²) in [5.74, 6) is -0.600. The van der Waals surface area contributed by atoms with Crippen molar-refractivity contribution in [1.29, 1.82) is 0 Å². The zero-order valence-electron chi connectivity index (χ0n) is 14.0. The highest BCUT2D eigenvalue weighted by atomic mass is 35.5. The van der Waals surface area contributed by atoms with Crippen LogP contribution in [0, 0.1) is 5.82 Å². The molecule has 0 bridgehead atoms. The second kappa shape index (κ2) is 7.48. The predicted octanol–water partition coefficient (Wildman–Crippen LogP) is 5.66. The van der Waals surface area contributed by atoms with Crippen LogP contribution in [0.5, 0.6) is 5.88 Å². The highest BCUT2D eigenvalue weighted by molar-refractivity contribution is 6.42. The van der Waals surface area contributed by atoms with Crippen LogP contribution >= 0.6 is 23.2 Å². The van der Waals surface area contributed by atoms with Gasteiger partial charge in [-0.2, -0.15) is 5.10 Å². The van der Waals surface area contributed by atoms with Gasteiger partial charge in [-0.25, -0.2) is 13.9 Å². The van der Waals surface area contributed by atoms with Crippen LogP contribution in [0.15, 0.2) is 48.5 Å². The van der Waals surface area contributed by atoms with Crippen molar-refractivity contribution in [1.82, 2.24) is 9.78 Å². The van der Waals surface area contributed by atoms with Gasteiger partial charge in [0.25, 0.3) is 0 Å². The molecule has 0 saturated carbocycles. The highest BCUT2D eigenvalue weighted by Crippen LogP contribution is 2.26. The van der Waals surface area contributed by atoms with Crippen molar-refractivity contribution in [3.8, 4) is 11.6 Å². The minimum Gasteiger partial charge on any atom is -0.404 e. The summed E-state index contributed by atoms with van der Waals surface area (Å²) in [6, 6.07) is 11.9. The summed E-state index contributed by atoms with van der Waals surface area (Å²) in [5, 5.41) is 5.07. The van der Waals surface area contributed by atoms with Crippen LogP contribution in [0.3, 0.4) is 0 Å². The Balaban J connectivity index is 1.96. The lowest BCUT2D eigenvalue weighted by Gasteiger charge is -2.08. The van der Waals surface area contributed by atoms with Crippen molar-refractivity contribution in [3.05, 3.63) is 75.7 Å². The fourth-order valence-corrected chi connectivity index (χ4v) is 2.58. The molecule has 0 aliphatic rings. The zero-order valence-corrected chi connectivity index (χ0v) is 15.6. The molecule has 0 saturated heterocycles. The molecule has 0 N–H and O–H groups in total. The molecule has 0 aliphatic carbocycles. The van der Waals surface area contributed by atoms with Gasteiger partial charge in [0.15, 0.2) is 0 Å². The summed E-state index contributed by atoms with van der Waals surface area (Å²) >= 11 is 11.8. The normalized spacial score (nSPS) is 11.0. The molecule has 3 aromatic rings. The second-order valence-corrected chi connectivity index (χ2v) is 6.78. The topological polar surface area (TPSA) is 44.1 Å². The van der Waals surface area contributed by atoms with E-state index in [0.29, 0.717) is 10.7 Å². The average Bonchev–Trinajstić information content (AvgIpc) is 3.02. The van der Waals surface area contributed by atoms with Crippen molar-refractivity contribution >= 4 is 29.2 Å². The van der Waals surface area contributed by atoms with Crippen LogP contribution in [0.1, 0.15) is 35.8 Å². The quantitative estimate of drug-likeness (QED) is 0.537. The molecule has 7 heteroatoms. The molecule has 0 unspecified atom stereocenters. The third-order valence-corrected chi connectivity index (χ3v) is 4.45. The van der Waals surface area contributed by atoms with Crippen LogP contribution in [-0.2, 0) is 0 Å². The van der Waals surface area contributed by atoms with Crippen molar-refractivity contribution in [2.75, 3.05) is 0 Å². The molecule has 0 amide bonds. The molecule has 0 spiro atoms. The SMILES string of the molecule is CC(C)c1cc(OC(=O)c2ccc(Cl)c(Cl)c2)n(-c2ccc(F)cc2)n1. The fraction of sp³-hybridized carbons (Fsp3) is 0.158. The standard InChI is InChI=1S/C19H15Cl2FN2O2/c1-11(2)17-10-18(24(23-17)14-6-4-13(22)5-7-14)26-19(25)12-3-8-15(20)16(21)9-12/h3-11H,1-2H3. The summed E-state index contributed by atoms with van der Waals surface area (Å²) in [6.45, 7) is 3.95. The largest absolute Gasteiger partial charge is 0.404 e. The molecule has 0 aliphatic heterocycles. The molecule has 3 rings (SSSR count). The average molecular weight is 393 g/mol. The van der Waals surface area contributed by atoms with E-state index in [9.17, 15) is 9.18 Å². The Kier molecular flexibility index (Phi) is 5.30. The number of carbonyl (C=O) groups excluding carboxylic acids is 1. The van der Waals surface area contributed by atoms with E-state index in [-0.39, 0.29) is 28.2 Å². The first-order valence-electron chi connectivity index (χ1n) is 7.88. The molecular formula is C19H15Cl2FN2O2. The molecule has 4 nitrogen and oxygen atoms in total. The van der Waals surface area contributed by atoms with Crippen molar-refractivity contribution in [2.24, 2.45) is 0 Å². The van der Waals surface area contributed by atoms with Crippen molar-refractivity contribution in [3.63, 3.8) is 0 Å². The third-order valence-electron chi connectivity index (χ3n) is 3.71. The van der Waals surface area contributed by atoms with Gasteiger partial charge < -0.3 is 4.74 Å². The molecule has 2 aromatic carbocycles. The molecule has 26 heavy (non-hydrogen) atoms. The van der Waals surface area contributed by atoms with E-state index in [1.165, 1.54) is 35.0 Å². The molecular weight excluding hydrogens is 378 g/mol. The van der Waals surface area contributed by atoms with Crippen LogP contribution in [-0.4, -0.2) is 15.7 Å². The summed E-state index contributed by atoms with van der Waals surface area (Å²) < 4.78 is 20.2. The van der Waals surface area contributed by atoms with Gasteiger partial charge in [0.2, 0.25) is 5.88 Å². The summed E-state index contributed by atoms with van der Waals surface area (Å²) in [7, 11) is 0. The number of aromatic nitrogens is 2. The first-order valence-corrected chi connectivity index (χ1v) is 8.64. The van der Waals surface area contributed by atoms with E-state index in [0.717, 1.165) is 5.69 Å². The zero-order chi connectivity index (χ0) is 18.8. The lowest BCUT2D eigenvalue weighted by Crippen LogP contribution is -2.11. The van der Waals surface area contributed by atoms with Crippen LogP contribution in [0.2, 0.25) is 10.0 Å². The monoisotopic (exact) mass is 392 g/mol. The Morgan fingerprint density at radius 2 is 1.77 bits per heavy atom. The molecule has 0 atom stereocenters. The van der Waals surface area contributed by atoms with E-state index in [4.69, 9.17) is 27.9 Å². The molecule has 0 fully saturated rings. The van der Waals surface area contributed by atoms with Gasteiger partial charge in [-0.05, 0) is 48.4 Å². The predicted molar refractivity (Wildman–Crippen MR) is 99.0 cm³/mol. The maximum absolute atomic E-state index is 13.2. The van der Waals surface area contributed by atoms with Crippen molar-refractivity contribution in [2.45, 2.75) is 19.8 Å². The summed E-state index contributed by atoms with van der Waals surface area (Å²) in [4.78, 5) is 12.5. The van der Waals surface area contributed by atoms with E-state index in [1.54, 1.807) is 18.2 Å². The summed E-state index contributed by atoms with van der Waals surface area (Å²) in [6.07, 6.45) is 0. The minimum atomic E-state index is -0.595. The molecule has 134 valence electrons. The van der Waals surface area contributed by atoms with Gasteiger partial charge in [0.05, 0.1) is 27.0 Å². The number of rotatable bonds is 4. The highest BCUT2D eigenvalue weighted by Gasteiger charge is 2.18. The van der Waals surface area contributed by atoms with Gasteiger partial charge in [0.1, 0.15) is 5.82 Å². The lowest BCUT2D eigenvalue weighted by atomic mass is 10.1. The first kappa shape index (κ1) is 18.4. The van der Waals surface area contributed by atoms with E-state index < -0.39 is 5.97 Å². The van der Waals surface area contributed by atoms with Crippen LogP contribution in [0.25, 0.3) is 5.69 Å². The fourth-order valence-electron chi connectivity index (χ4n) is 2.28. The molecule has 0 radical (unpaired) electrons. The Bertz CT molecular complexity index is 953. The maximum Gasteiger partial charge on any atom is 0.344 e. The van der Waals surface area contributed by atoms with Gasteiger partial charge >= 0.3 is 5.97 Å².